The Bertz CT molecular complexity index is 811. The van der Waals surface area contributed by atoms with Crippen molar-refractivity contribution in [3.05, 3.63) is 53.6 Å². The molecule has 2 aromatic rings. The molecule has 2 aliphatic rings. The lowest BCUT2D eigenvalue weighted by atomic mass is 9.76. The van der Waals surface area contributed by atoms with Gasteiger partial charge in [-0.15, -0.1) is 0 Å². The molecule has 136 valence electrons. The molecule has 5 heteroatoms. The zero-order valence-electron chi connectivity index (χ0n) is 14.8. The predicted molar refractivity (Wildman–Crippen MR) is 98.3 cm³/mol. The summed E-state index contributed by atoms with van der Waals surface area (Å²) < 4.78 is 10.3. The van der Waals surface area contributed by atoms with Crippen LogP contribution < -0.4 is 10.1 Å². The number of aryl methyl sites for hydroxylation is 1. The van der Waals surface area contributed by atoms with E-state index < -0.39 is 6.09 Å². The standard InChI is InChI=1S/C21H23NO4/c1-25-13-26-17-5-2-14(3-6-17)15-4-7-18-16(12-15)8-9-21(10-11-21)19(18)22-20(23)24/h2-7,12,19,22H,8-11,13H2,1H3,(H,23,24). The summed E-state index contributed by atoms with van der Waals surface area (Å²) in [5.41, 5.74) is 4.79. The highest BCUT2D eigenvalue weighted by Gasteiger charge is 2.52. The number of hydrogen-bond donors (Lipinski definition) is 2. The van der Waals surface area contributed by atoms with Crippen LogP contribution in [0.2, 0.25) is 0 Å². The third-order valence-corrected chi connectivity index (χ3v) is 5.65. The van der Waals surface area contributed by atoms with Gasteiger partial charge in [-0.05, 0) is 65.5 Å². The molecule has 0 saturated heterocycles. The minimum atomic E-state index is -0.940. The molecule has 2 aromatic carbocycles. The zero-order valence-corrected chi connectivity index (χ0v) is 14.8. The second-order valence-electron chi connectivity index (χ2n) is 7.23. The molecular formula is C21H23NO4. The highest BCUT2D eigenvalue weighted by atomic mass is 16.7. The quantitative estimate of drug-likeness (QED) is 0.783. The maximum Gasteiger partial charge on any atom is 0.405 e. The van der Waals surface area contributed by atoms with Gasteiger partial charge in [0.05, 0.1) is 6.04 Å². The van der Waals surface area contributed by atoms with E-state index in [1.54, 1.807) is 7.11 Å². The SMILES string of the molecule is COCOc1ccc(-c2ccc3c(c2)CCC2(CC2)C3NC(=O)O)cc1. The number of benzene rings is 2. The van der Waals surface area contributed by atoms with E-state index in [1.807, 2.05) is 24.3 Å². The molecule has 1 saturated carbocycles. The van der Waals surface area contributed by atoms with E-state index in [4.69, 9.17) is 9.47 Å². The molecule has 4 rings (SSSR count). The molecule has 5 nitrogen and oxygen atoms in total. The Morgan fingerprint density at radius 3 is 2.54 bits per heavy atom. The largest absolute Gasteiger partial charge is 0.468 e. The Hall–Kier alpha value is -2.53. The van der Waals surface area contributed by atoms with Crippen molar-refractivity contribution in [2.45, 2.75) is 31.7 Å². The molecule has 1 spiro atoms. The van der Waals surface area contributed by atoms with Crippen molar-refractivity contribution in [3.8, 4) is 16.9 Å². The van der Waals surface area contributed by atoms with Crippen LogP contribution in [0.1, 0.15) is 36.4 Å². The highest BCUT2D eigenvalue weighted by Crippen LogP contribution is 2.60. The molecule has 2 N–H and O–H groups in total. The molecule has 0 aliphatic heterocycles. The first-order valence-corrected chi connectivity index (χ1v) is 8.96. The molecule has 1 amide bonds. The average Bonchev–Trinajstić information content (AvgIpc) is 3.43. The number of rotatable bonds is 5. The number of nitrogens with one attached hydrogen (secondary N) is 1. The number of fused-ring (bicyclic) bond motifs is 1. The summed E-state index contributed by atoms with van der Waals surface area (Å²) in [5.74, 6) is 0.773. The van der Waals surface area contributed by atoms with E-state index >= 15 is 0 Å². The number of hydrogen-bond acceptors (Lipinski definition) is 3. The number of carboxylic acid groups (broad SMARTS) is 1. The summed E-state index contributed by atoms with van der Waals surface area (Å²) >= 11 is 0. The van der Waals surface area contributed by atoms with Crippen molar-refractivity contribution in [2.75, 3.05) is 13.9 Å². The first-order valence-electron chi connectivity index (χ1n) is 8.96. The summed E-state index contributed by atoms with van der Waals surface area (Å²) in [6.07, 6.45) is 3.35. The maximum absolute atomic E-state index is 11.3. The predicted octanol–water partition coefficient (Wildman–Crippen LogP) is 4.37. The van der Waals surface area contributed by atoms with Gasteiger partial charge in [0.25, 0.3) is 0 Å². The fourth-order valence-corrected chi connectivity index (χ4v) is 4.07. The number of methoxy groups -OCH3 is 1. The normalized spacial score (nSPS) is 19.7. The van der Waals surface area contributed by atoms with E-state index in [2.05, 4.69) is 23.5 Å². The van der Waals surface area contributed by atoms with Crippen molar-refractivity contribution in [1.82, 2.24) is 5.32 Å². The number of amides is 1. The minimum absolute atomic E-state index is 0.0809. The summed E-state index contributed by atoms with van der Waals surface area (Å²) in [4.78, 5) is 11.3. The van der Waals surface area contributed by atoms with E-state index in [0.717, 1.165) is 48.1 Å². The van der Waals surface area contributed by atoms with Crippen molar-refractivity contribution < 1.29 is 19.4 Å². The van der Waals surface area contributed by atoms with Crippen LogP contribution >= 0.6 is 0 Å². The van der Waals surface area contributed by atoms with Crippen molar-refractivity contribution >= 4 is 6.09 Å². The second kappa shape index (κ2) is 6.65. The lowest BCUT2D eigenvalue weighted by molar-refractivity contribution is 0.0511. The molecule has 0 bridgehead atoms. The summed E-state index contributed by atoms with van der Waals surface area (Å²) in [7, 11) is 1.60. The third-order valence-electron chi connectivity index (χ3n) is 5.65. The van der Waals surface area contributed by atoms with Gasteiger partial charge in [0.1, 0.15) is 5.75 Å². The molecule has 2 aliphatic carbocycles. The van der Waals surface area contributed by atoms with Crippen LogP contribution in [-0.4, -0.2) is 25.1 Å². The van der Waals surface area contributed by atoms with Gasteiger partial charge in [-0.3, -0.25) is 0 Å². The molecular weight excluding hydrogens is 330 g/mol. The second-order valence-corrected chi connectivity index (χ2v) is 7.23. The molecule has 0 radical (unpaired) electrons. The van der Waals surface area contributed by atoms with Gasteiger partial charge in [-0.25, -0.2) is 4.79 Å². The molecule has 0 aromatic heterocycles. The zero-order chi connectivity index (χ0) is 18.1. The van der Waals surface area contributed by atoms with Crippen LogP contribution in [0.25, 0.3) is 11.1 Å². The minimum Gasteiger partial charge on any atom is -0.468 e. The van der Waals surface area contributed by atoms with Crippen LogP contribution in [0.3, 0.4) is 0 Å². The summed E-state index contributed by atoms with van der Waals surface area (Å²) in [6.45, 7) is 0.234. The van der Waals surface area contributed by atoms with Gasteiger partial charge in [0.15, 0.2) is 6.79 Å². The Morgan fingerprint density at radius 2 is 1.88 bits per heavy atom. The molecule has 1 fully saturated rings. The Balaban J connectivity index is 1.60. The van der Waals surface area contributed by atoms with Crippen LogP contribution in [0.5, 0.6) is 5.75 Å². The van der Waals surface area contributed by atoms with Gasteiger partial charge in [0, 0.05) is 7.11 Å². The van der Waals surface area contributed by atoms with Gasteiger partial charge in [-0.1, -0.05) is 30.3 Å². The average molecular weight is 353 g/mol. The van der Waals surface area contributed by atoms with E-state index in [-0.39, 0.29) is 18.2 Å². The van der Waals surface area contributed by atoms with Crippen molar-refractivity contribution in [3.63, 3.8) is 0 Å². The lowest BCUT2D eigenvalue weighted by Gasteiger charge is -2.34. The topological polar surface area (TPSA) is 67.8 Å². The van der Waals surface area contributed by atoms with Gasteiger partial charge in [0.2, 0.25) is 0 Å². The lowest BCUT2D eigenvalue weighted by Crippen LogP contribution is -2.36. The van der Waals surface area contributed by atoms with Crippen molar-refractivity contribution in [2.24, 2.45) is 5.41 Å². The molecule has 1 unspecified atom stereocenters. The molecule has 0 heterocycles. The summed E-state index contributed by atoms with van der Waals surface area (Å²) in [5, 5.41) is 12.0. The molecule has 26 heavy (non-hydrogen) atoms. The van der Waals surface area contributed by atoms with E-state index in [1.165, 1.54) is 5.56 Å². The first-order chi connectivity index (χ1) is 12.6. The smallest absolute Gasteiger partial charge is 0.405 e. The third kappa shape index (κ3) is 3.15. The first kappa shape index (κ1) is 16.9. The van der Waals surface area contributed by atoms with Crippen LogP contribution in [0, 0.1) is 5.41 Å². The Morgan fingerprint density at radius 1 is 1.15 bits per heavy atom. The molecule has 1 atom stereocenters. The Labute approximate surface area is 152 Å². The van der Waals surface area contributed by atoms with Gasteiger partial charge >= 0.3 is 6.09 Å². The van der Waals surface area contributed by atoms with Crippen LogP contribution in [0.4, 0.5) is 4.79 Å². The van der Waals surface area contributed by atoms with Crippen LogP contribution in [-0.2, 0) is 11.2 Å². The van der Waals surface area contributed by atoms with Gasteiger partial charge in [-0.2, -0.15) is 0 Å². The fraction of sp³-hybridized carbons (Fsp3) is 0.381. The maximum atomic E-state index is 11.3. The van der Waals surface area contributed by atoms with Crippen molar-refractivity contribution in [1.29, 1.82) is 0 Å². The van der Waals surface area contributed by atoms with Gasteiger partial charge < -0.3 is 19.9 Å². The van der Waals surface area contributed by atoms with Crippen LogP contribution in [0.15, 0.2) is 42.5 Å². The van der Waals surface area contributed by atoms with E-state index in [0.29, 0.717) is 0 Å². The van der Waals surface area contributed by atoms with E-state index in [9.17, 15) is 9.90 Å². The highest BCUT2D eigenvalue weighted by molar-refractivity contribution is 5.68. The number of ether oxygens (including phenoxy) is 2. The monoisotopic (exact) mass is 353 g/mol. The Kier molecular flexibility index (Phi) is 4.32. The summed E-state index contributed by atoms with van der Waals surface area (Å²) in [6, 6.07) is 14.2. The number of carbonyl (C=O) groups is 1. The fourth-order valence-electron chi connectivity index (χ4n) is 4.07.